The SMILES string of the molecule is CC[S@@](=O)(=NS(=O)(=O)Cl)c1cc(Cl)ccc1Cl. The van der Waals surface area contributed by atoms with E-state index in [0.29, 0.717) is 0 Å². The molecule has 1 aromatic rings. The maximum atomic E-state index is 12.4. The third kappa shape index (κ3) is 3.99. The molecule has 1 rings (SSSR count). The molecular weight excluding hydrogens is 329 g/mol. The minimum Gasteiger partial charge on any atom is -0.244 e. The molecule has 0 aliphatic heterocycles. The molecule has 0 spiro atoms. The molecule has 17 heavy (non-hydrogen) atoms. The zero-order valence-electron chi connectivity index (χ0n) is 8.56. The molecule has 0 N–H and O–H groups in total. The Morgan fingerprint density at radius 2 is 1.82 bits per heavy atom. The highest BCUT2D eigenvalue weighted by atomic mass is 35.7. The van der Waals surface area contributed by atoms with Crippen LogP contribution in [0, 0.1) is 0 Å². The molecule has 0 aromatic heterocycles. The minimum atomic E-state index is -4.25. The van der Waals surface area contributed by atoms with Crippen LogP contribution in [-0.2, 0) is 19.0 Å². The summed E-state index contributed by atoms with van der Waals surface area (Å²) in [5.41, 5.74) is 0. The van der Waals surface area contributed by atoms with E-state index in [9.17, 15) is 12.6 Å². The third-order valence-electron chi connectivity index (χ3n) is 1.84. The second kappa shape index (κ2) is 5.32. The van der Waals surface area contributed by atoms with Crippen LogP contribution in [0.4, 0.5) is 0 Å². The van der Waals surface area contributed by atoms with Gasteiger partial charge in [0.15, 0.2) is 0 Å². The fraction of sp³-hybridized carbons (Fsp3) is 0.250. The van der Waals surface area contributed by atoms with Crippen molar-refractivity contribution in [2.75, 3.05) is 5.75 Å². The highest BCUT2D eigenvalue weighted by Gasteiger charge is 2.18. The third-order valence-corrected chi connectivity index (χ3v) is 6.50. The van der Waals surface area contributed by atoms with Gasteiger partial charge in [-0.2, -0.15) is 8.42 Å². The standard InChI is InChI=1S/C8H8Cl3NO3S2/c1-2-16(13,12-17(11,14)15)8-5-6(9)3-4-7(8)10/h3-5H,2H2,1H3/t16-/m0/s1. The first kappa shape index (κ1) is 15.0. The van der Waals surface area contributed by atoms with Gasteiger partial charge in [0.05, 0.1) is 19.6 Å². The molecule has 1 aromatic carbocycles. The summed E-state index contributed by atoms with van der Waals surface area (Å²) >= 11 is 11.6. The fourth-order valence-electron chi connectivity index (χ4n) is 1.11. The Kier molecular flexibility index (Phi) is 4.71. The fourth-order valence-corrected chi connectivity index (χ4v) is 5.54. The van der Waals surface area contributed by atoms with Gasteiger partial charge < -0.3 is 0 Å². The Balaban J connectivity index is 3.64. The molecule has 0 bridgehead atoms. The van der Waals surface area contributed by atoms with E-state index in [2.05, 4.69) is 3.77 Å². The van der Waals surface area contributed by atoms with E-state index >= 15 is 0 Å². The van der Waals surface area contributed by atoms with Crippen LogP contribution in [0.2, 0.25) is 10.0 Å². The normalized spacial score (nSPS) is 15.3. The summed E-state index contributed by atoms with van der Waals surface area (Å²) in [6.07, 6.45) is 0. The van der Waals surface area contributed by atoms with E-state index in [1.165, 1.54) is 25.1 Å². The van der Waals surface area contributed by atoms with Crippen LogP contribution in [0.25, 0.3) is 0 Å². The summed E-state index contributed by atoms with van der Waals surface area (Å²) in [5, 5.41) is 0.415. The number of benzene rings is 1. The minimum absolute atomic E-state index is 0.0426. The molecule has 1 atom stereocenters. The van der Waals surface area contributed by atoms with Crippen molar-refractivity contribution >= 4 is 52.9 Å². The number of hydrogen-bond donors (Lipinski definition) is 0. The van der Waals surface area contributed by atoms with Gasteiger partial charge in [-0.25, -0.2) is 4.21 Å². The Hall–Kier alpha value is -0.0100. The van der Waals surface area contributed by atoms with Crippen LogP contribution in [0.15, 0.2) is 26.9 Å². The van der Waals surface area contributed by atoms with Gasteiger partial charge in [-0.05, 0) is 18.2 Å². The molecule has 0 fully saturated rings. The zero-order chi connectivity index (χ0) is 13.3. The van der Waals surface area contributed by atoms with Crippen LogP contribution in [0.1, 0.15) is 6.92 Å². The Morgan fingerprint density at radius 1 is 1.24 bits per heavy atom. The van der Waals surface area contributed by atoms with Crippen molar-refractivity contribution in [3.05, 3.63) is 28.2 Å². The average molecular weight is 337 g/mol. The second-order valence-electron chi connectivity index (χ2n) is 2.99. The predicted molar refractivity (Wildman–Crippen MR) is 70.6 cm³/mol. The van der Waals surface area contributed by atoms with E-state index in [0.717, 1.165) is 0 Å². The van der Waals surface area contributed by atoms with Gasteiger partial charge in [-0.3, -0.25) is 0 Å². The molecule has 0 saturated heterocycles. The molecule has 0 heterocycles. The second-order valence-corrected chi connectivity index (χ2v) is 8.72. The van der Waals surface area contributed by atoms with Crippen molar-refractivity contribution in [3.8, 4) is 0 Å². The van der Waals surface area contributed by atoms with Gasteiger partial charge in [0.2, 0.25) is 0 Å². The molecule has 0 saturated carbocycles. The number of halogens is 3. The van der Waals surface area contributed by atoms with Crippen molar-refractivity contribution < 1.29 is 12.6 Å². The number of nitrogens with zero attached hydrogens (tertiary/aromatic N) is 1. The first-order chi connectivity index (χ1) is 7.68. The Labute approximate surface area is 115 Å². The first-order valence-corrected chi connectivity index (χ1v) is 9.04. The lowest BCUT2D eigenvalue weighted by Gasteiger charge is -2.08. The maximum Gasteiger partial charge on any atom is 0.347 e. The van der Waals surface area contributed by atoms with E-state index in [1.54, 1.807) is 0 Å². The van der Waals surface area contributed by atoms with Crippen molar-refractivity contribution in [2.24, 2.45) is 3.77 Å². The van der Waals surface area contributed by atoms with Crippen molar-refractivity contribution in [1.82, 2.24) is 0 Å². The molecule has 9 heteroatoms. The maximum absolute atomic E-state index is 12.4. The molecular formula is C8H8Cl3NO3S2. The Morgan fingerprint density at radius 3 is 2.29 bits per heavy atom. The van der Waals surface area contributed by atoms with E-state index in [4.69, 9.17) is 33.9 Å². The van der Waals surface area contributed by atoms with Crippen LogP contribution in [-0.4, -0.2) is 18.4 Å². The van der Waals surface area contributed by atoms with Crippen molar-refractivity contribution in [2.45, 2.75) is 11.8 Å². The lowest BCUT2D eigenvalue weighted by atomic mass is 10.4. The van der Waals surface area contributed by atoms with Crippen LogP contribution < -0.4 is 0 Å². The molecule has 0 unspecified atom stereocenters. The summed E-state index contributed by atoms with van der Waals surface area (Å²) in [6, 6.07) is 4.24. The Bertz CT molecular complexity index is 648. The van der Waals surface area contributed by atoms with Gasteiger partial charge in [0.25, 0.3) is 0 Å². The monoisotopic (exact) mass is 335 g/mol. The number of rotatable bonds is 3. The van der Waals surface area contributed by atoms with Crippen LogP contribution in [0.5, 0.6) is 0 Å². The molecule has 0 aliphatic rings. The molecule has 96 valence electrons. The highest BCUT2D eigenvalue weighted by Crippen LogP contribution is 2.28. The molecule has 0 radical (unpaired) electrons. The molecule has 0 aliphatic carbocycles. The van der Waals surface area contributed by atoms with Gasteiger partial charge in [-0.15, -0.1) is 0 Å². The number of hydrogen-bond acceptors (Lipinski definition) is 3. The van der Waals surface area contributed by atoms with Crippen LogP contribution in [0.3, 0.4) is 0 Å². The summed E-state index contributed by atoms with van der Waals surface area (Å²) < 4.78 is 37.4. The van der Waals surface area contributed by atoms with E-state index in [-0.39, 0.29) is 20.7 Å². The lowest BCUT2D eigenvalue weighted by molar-refractivity contribution is 0.611. The highest BCUT2D eigenvalue weighted by molar-refractivity contribution is 8.17. The average Bonchev–Trinajstić information content (AvgIpc) is 2.19. The van der Waals surface area contributed by atoms with Crippen molar-refractivity contribution in [3.63, 3.8) is 0 Å². The van der Waals surface area contributed by atoms with E-state index < -0.39 is 19.0 Å². The molecule has 0 amide bonds. The van der Waals surface area contributed by atoms with Gasteiger partial charge >= 0.3 is 9.24 Å². The van der Waals surface area contributed by atoms with E-state index in [1.807, 2.05) is 0 Å². The van der Waals surface area contributed by atoms with Gasteiger partial charge in [-0.1, -0.05) is 33.9 Å². The topological polar surface area (TPSA) is 63.6 Å². The van der Waals surface area contributed by atoms with Crippen molar-refractivity contribution in [1.29, 1.82) is 0 Å². The largest absolute Gasteiger partial charge is 0.347 e. The van der Waals surface area contributed by atoms with Gasteiger partial charge in [0.1, 0.15) is 0 Å². The lowest BCUT2D eigenvalue weighted by Crippen LogP contribution is -2.06. The predicted octanol–water partition coefficient (Wildman–Crippen LogP) is 3.32. The smallest absolute Gasteiger partial charge is 0.244 e. The molecule has 4 nitrogen and oxygen atoms in total. The summed E-state index contributed by atoms with van der Waals surface area (Å²) in [5.74, 6) is -0.0426. The van der Waals surface area contributed by atoms with Gasteiger partial charge in [0, 0.05) is 21.5 Å². The summed E-state index contributed by atoms with van der Waals surface area (Å²) in [7, 11) is -2.49. The first-order valence-electron chi connectivity index (χ1n) is 4.34. The quantitative estimate of drug-likeness (QED) is 0.795. The zero-order valence-corrected chi connectivity index (χ0v) is 12.5. The summed E-state index contributed by atoms with van der Waals surface area (Å²) in [6.45, 7) is 1.52. The van der Waals surface area contributed by atoms with Crippen LogP contribution >= 0.6 is 33.9 Å². The summed E-state index contributed by atoms with van der Waals surface area (Å²) in [4.78, 5) is 0.0680.